The van der Waals surface area contributed by atoms with Gasteiger partial charge in [0.2, 0.25) is 0 Å². The summed E-state index contributed by atoms with van der Waals surface area (Å²) in [6, 6.07) is 8.37. The molecule has 1 aliphatic heterocycles. The van der Waals surface area contributed by atoms with E-state index in [1.165, 1.54) is 11.1 Å². The van der Waals surface area contributed by atoms with Crippen molar-refractivity contribution in [2.75, 3.05) is 11.9 Å². The molecule has 19 heavy (non-hydrogen) atoms. The molecule has 2 heterocycles. The number of nitrogens with zero attached hydrogens (tertiary/aromatic N) is 1. The molecule has 0 saturated heterocycles. The molecule has 98 valence electrons. The summed E-state index contributed by atoms with van der Waals surface area (Å²) in [7, 11) is 0. The second kappa shape index (κ2) is 5.61. The van der Waals surface area contributed by atoms with Crippen LogP contribution in [0.1, 0.15) is 11.1 Å². The smallest absolute Gasteiger partial charge is 0.144 e. The van der Waals surface area contributed by atoms with E-state index in [-0.39, 0.29) is 0 Å². The average Bonchev–Trinajstić information content (AvgIpc) is 2.42. The van der Waals surface area contributed by atoms with Gasteiger partial charge in [-0.05, 0) is 68.1 Å². The van der Waals surface area contributed by atoms with Crippen molar-refractivity contribution in [2.24, 2.45) is 0 Å². The Morgan fingerprint density at radius 2 is 2.16 bits per heavy atom. The minimum atomic E-state index is 0.843. The number of fused-ring (bicyclic) bond motifs is 1. The summed E-state index contributed by atoms with van der Waals surface area (Å²) < 4.78 is 1.91. The molecule has 0 fully saturated rings. The van der Waals surface area contributed by atoms with Crippen molar-refractivity contribution in [1.82, 2.24) is 10.3 Å². The molecule has 0 radical (unpaired) electrons. The van der Waals surface area contributed by atoms with Crippen LogP contribution in [0.4, 0.5) is 11.5 Å². The first-order valence-electron chi connectivity index (χ1n) is 6.13. The zero-order valence-corrected chi connectivity index (χ0v) is 13.4. The molecule has 2 N–H and O–H groups in total. The van der Waals surface area contributed by atoms with Gasteiger partial charge in [0, 0.05) is 22.9 Å². The van der Waals surface area contributed by atoms with E-state index < -0.39 is 0 Å². The third-order valence-electron chi connectivity index (χ3n) is 3.20. The van der Waals surface area contributed by atoms with Gasteiger partial charge >= 0.3 is 0 Å². The van der Waals surface area contributed by atoms with Gasteiger partial charge in [-0.15, -0.1) is 0 Å². The van der Waals surface area contributed by atoms with Crippen LogP contribution in [-0.4, -0.2) is 11.5 Å². The molecule has 5 heteroatoms. The Morgan fingerprint density at radius 1 is 1.26 bits per heavy atom. The Kier molecular flexibility index (Phi) is 3.86. The largest absolute Gasteiger partial charge is 0.339 e. The highest BCUT2D eigenvalue weighted by molar-refractivity contribution is 9.11. The lowest BCUT2D eigenvalue weighted by Crippen LogP contribution is -2.24. The van der Waals surface area contributed by atoms with E-state index in [1.54, 1.807) is 6.20 Å². The van der Waals surface area contributed by atoms with Crippen LogP contribution in [-0.2, 0) is 13.0 Å². The number of hydrogen-bond donors (Lipinski definition) is 2. The van der Waals surface area contributed by atoms with Gasteiger partial charge in [-0.1, -0.05) is 12.1 Å². The summed E-state index contributed by atoms with van der Waals surface area (Å²) in [6.45, 7) is 1.97. The van der Waals surface area contributed by atoms with Gasteiger partial charge < -0.3 is 10.6 Å². The van der Waals surface area contributed by atoms with Gasteiger partial charge in [-0.3, -0.25) is 0 Å². The van der Waals surface area contributed by atoms with Crippen molar-refractivity contribution < 1.29 is 0 Å². The number of aromatic nitrogens is 1. The predicted molar refractivity (Wildman–Crippen MR) is 84.8 cm³/mol. The zero-order chi connectivity index (χ0) is 13.2. The van der Waals surface area contributed by atoms with Crippen LogP contribution in [0, 0.1) is 0 Å². The van der Waals surface area contributed by atoms with Crippen molar-refractivity contribution in [3.63, 3.8) is 0 Å². The SMILES string of the molecule is Brc1cnc(Nc2cccc3c2CCNC3)c(Br)c1. The third-order valence-corrected chi connectivity index (χ3v) is 4.24. The predicted octanol–water partition coefficient (Wildman–Crippen LogP) is 4.00. The molecular formula is C14H13Br2N3. The van der Waals surface area contributed by atoms with Crippen molar-refractivity contribution in [1.29, 1.82) is 0 Å². The first-order valence-corrected chi connectivity index (χ1v) is 7.72. The van der Waals surface area contributed by atoms with Gasteiger partial charge in [-0.25, -0.2) is 4.98 Å². The summed E-state index contributed by atoms with van der Waals surface area (Å²) in [5.74, 6) is 0.843. The molecule has 0 bridgehead atoms. The van der Waals surface area contributed by atoms with Gasteiger partial charge in [0.1, 0.15) is 5.82 Å². The standard InChI is InChI=1S/C14H13Br2N3/c15-10-6-12(16)14(18-8-10)19-13-3-1-2-9-7-17-5-4-11(9)13/h1-3,6,8,17H,4-5,7H2,(H,18,19). The Labute approximate surface area is 129 Å². The summed E-state index contributed by atoms with van der Waals surface area (Å²) in [4.78, 5) is 4.40. The first kappa shape index (κ1) is 13.1. The molecule has 0 unspecified atom stereocenters. The van der Waals surface area contributed by atoms with Crippen molar-refractivity contribution in [2.45, 2.75) is 13.0 Å². The van der Waals surface area contributed by atoms with Crippen molar-refractivity contribution >= 4 is 43.4 Å². The first-order chi connectivity index (χ1) is 9.24. The molecule has 3 nitrogen and oxygen atoms in total. The summed E-state index contributed by atoms with van der Waals surface area (Å²) in [5, 5.41) is 6.81. The Morgan fingerprint density at radius 3 is 3.00 bits per heavy atom. The highest BCUT2D eigenvalue weighted by Crippen LogP contribution is 2.30. The Bertz CT molecular complexity index is 614. The molecule has 0 saturated carbocycles. The van der Waals surface area contributed by atoms with Crippen LogP contribution >= 0.6 is 31.9 Å². The maximum Gasteiger partial charge on any atom is 0.144 e. The molecular weight excluding hydrogens is 370 g/mol. The van der Waals surface area contributed by atoms with Crippen LogP contribution in [0.25, 0.3) is 0 Å². The Hall–Kier alpha value is -0.910. The summed E-state index contributed by atoms with van der Waals surface area (Å²) >= 11 is 6.95. The highest BCUT2D eigenvalue weighted by atomic mass is 79.9. The minimum absolute atomic E-state index is 0.843. The number of halogens is 2. The maximum atomic E-state index is 4.40. The molecule has 2 aromatic rings. The fourth-order valence-electron chi connectivity index (χ4n) is 2.28. The van der Waals surface area contributed by atoms with Crippen LogP contribution < -0.4 is 10.6 Å². The summed E-state index contributed by atoms with van der Waals surface area (Å²) in [6.07, 6.45) is 2.84. The van der Waals surface area contributed by atoms with Crippen molar-refractivity contribution in [3.05, 3.63) is 50.5 Å². The fourth-order valence-corrected chi connectivity index (χ4v) is 3.37. The molecule has 0 aliphatic carbocycles. The van der Waals surface area contributed by atoms with Crippen molar-refractivity contribution in [3.8, 4) is 0 Å². The highest BCUT2D eigenvalue weighted by Gasteiger charge is 2.13. The number of nitrogens with one attached hydrogen (secondary N) is 2. The lowest BCUT2D eigenvalue weighted by Gasteiger charge is -2.21. The molecule has 3 rings (SSSR count). The van der Waals surface area contributed by atoms with E-state index in [4.69, 9.17) is 0 Å². The number of rotatable bonds is 2. The number of hydrogen-bond acceptors (Lipinski definition) is 3. The second-order valence-corrected chi connectivity index (χ2v) is 6.25. The van der Waals surface area contributed by atoms with Crippen LogP contribution in [0.3, 0.4) is 0 Å². The van der Waals surface area contributed by atoms with E-state index >= 15 is 0 Å². The second-order valence-electron chi connectivity index (χ2n) is 4.48. The number of anilines is 2. The van der Waals surface area contributed by atoms with Crippen LogP contribution in [0.5, 0.6) is 0 Å². The monoisotopic (exact) mass is 381 g/mol. The molecule has 1 aromatic heterocycles. The van der Waals surface area contributed by atoms with Gasteiger partial charge in [0.25, 0.3) is 0 Å². The van der Waals surface area contributed by atoms with Gasteiger partial charge in [0.15, 0.2) is 0 Å². The summed E-state index contributed by atoms with van der Waals surface area (Å²) in [5.41, 5.74) is 3.90. The van der Waals surface area contributed by atoms with E-state index in [2.05, 4.69) is 65.7 Å². The van der Waals surface area contributed by atoms with E-state index in [0.717, 1.165) is 40.0 Å². The molecule has 0 spiro atoms. The van der Waals surface area contributed by atoms with E-state index in [0.29, 0.717) is 0 Å². The van der Waals surface area contributed by atoms with E-state index in [9.17, 15) is 0 Å². The normalized spacial score (nSPS) is 14.0. The minimum Gasteiger partial charge on any atom is -0.339 e. The average molecular weight is 383 g/mol. The van der Waals surface area contributed by atoms with Gasteiger partial charge in [-0.2, -0.15) is 0 Å². The molecule has 0 amide bonds. The lowest BCUT2D eigenvalue weighted by atomic mass is 9.99. The topological polar surface area (TPSA) is 37.0 Å². The third kappa shape index (κ3) is 2.83. The lowest BCUT2D eigenvalue weighted by molar-refractivity contribution is 0.645. The number of benzene rings is 1. The molecule has 1 aliphatic rings. The van der Waals surface area contributed by atoms with Gasteiger partial charge in [0.05, 0.1) is 4.47 Å². The van der Waals surface area contributed by atoms with E-state index in [1.807, 2.05) is 6.07 Å². The Balaban J connectivity index is 1.95. The quantitative estimate of drug-likeness (QED) is 0.824. The van der Waals surface area contributed by atoms with Crippen LogP contribution in [0.2, 0.25) is 0 Å². The van der Waals surface area contributed by atoms with Crippen LogP contribution in [0.15, 0.2) is 39.4 Å². The fraction of sp³-hybridized carbons (Fsp3) is 0.214. The molecule has 1 aromatic carbocycles. The number of pyridine rings is 1. The zero-order valence-electron chi connectivity index (χ0n) is 10.2. The molecule has 0 atom stereocenters. The maximum absolute atomic E-state index is 4.40.